The summed E-state index contributed by atoms with van der Waals surface area (Å²) in [7, 11) is 0. The predicted octanol–water partition coefficient (Wildman–Crippen LogP) is 2.66. The van der Waals surface area contributed by atoms with Crippen LogP contribution in [0.2, 0.25) is 0 Å². The van der Waals surface area contributed by atoms with E-state index in [4.69, 9.17) is 9.78 Å². The van der Waals surface area contributed by atoms with Crippen LogP contribution < -0.4 is 0 Å². The van der Waals surface area contributed by atoms with E-state index in [9.17, 15) is 9.18 Å². The van der Waals surface area contributed by atoms with Crippen LogP contribution in [0.15, 0.2) is 33.8 Å². The first-order valence-corrected chi connectivity index (χ1v) is 7.78. The number of benzene rings is 1. The summed E-state index contributed by atoms with van der Waals surface area (Å²) in [6.45, 7) is 0.533. The van der Waals surface area contributed by atoms with Gasteiger partial charge in [0.05, 0.1) is 16.7 Å². The fourth-order valence-electron chi connectivity index (χ4n) is 2.11. The van der Waals surface area contributed by atoms with E-state index in [-0.39, 0.29) is 29.6 Å². The second-order valence-electron chi connectivity index (χ2n) is 4.65. The normalized spacial score (nSPS) is 15.8. The second kappa shape index (κ2) is 6.62. The highest BCUT2D eigenvalue weighted by molar-refractivity contribution is 8.03. The van der Waals surface area contributed by atoms with Gasteiger partial charge in [0, 0.05) is 18.4 Å². The molecule has 0 N–H and O–H groups in total. The van der Waals surface area contributed by atoms with Gasteiger partial charge in [-0.15, -0.1) is 11.8 Å². The van der Waals surface area contributed by atoms with Crippen molar-refractivity contribution < 1.29 is 13.7 Å². The number of nitrogens with zero attached hydrogens (tertiary/aromatic N) is 4. The molecule has 23 heavy (non-hydrogen) atoms. The second-order valence-corrected chi connectivity index (χ2v) is 5.76. The summed E-state index contributed by atoms with van der Waals surface area (Å²) in [6.07, 6.45) is 1.40. The molecule has 2 heterocycles. The van der Waals surface area contributed by atoms with E-state index in [1.54, 1.807) is 24.3 Å². The van der Waals surface area contributed by atoms with Crippen molar-refractivity contribution in [3.63, 3.8) is 0 Å². The molecule has 0 atom stereocenters. The first-order valence-electron chi connectivity index (χ1n) is 6.79. The molecule has 0 spiro atoms. The number of carbonyl (C=O) groups is 1. The molecule has 0 unspecified atom stereocenters. The Morgan fingerprint density at radius 3 is 3.13 bits per heavy atom. The molecule has 6 nitrogen and oxygen atoms in total. The van der Waals surface area contributed by atoms with E-state index in [1.165, 1.54) is 22.7 Å². The highest BCUT2D eigenvalue weighted by Gasteiger charge is 2.24. The van der Waals surface area contributed by atoms with Gasteiger partial charge >= 0.3 is 0 Å². The number of amides is 1. The van der Waals surface area contributed by atoms with Crippen LogP contribution >= 0.6 is 11.8 Å². The third-order valence-electron chi connectivity index (χ3n) is 3.17. The summed E-state index contributed by atoms with van der Waals surface area (Å²) >= 11 is 1.46. The van der Waals surface area contributed by atoms with Gasteiger partial charge in [0.25, 0.3) is 5.89 Å². The molecule has 2 aromatic rings. The van der Waals surface area contributed by atoms with E-state index < -0.39 is 5.82 Å². The maximum atomic E-state index is 13.7. The van der Waals surface area contributed by atoms with E-state index >= 15 is 0 Å². The minimum atomic E-state index is -0.437. The average molecular weight is 330 g/mol. The molecule has 3 rings (SSSR count). The maximum Gasteiger partial charge on any atom is 0.253 e. The lowest BCUT2D eigenvalue weighted by atomic mass is 10.2. The molecular weight excluding hydrogens is 319 g/mol. The molecule has 0 radical (unpaired) electrons. The van der Waals surface area contributed by atoms with Crippen LogP contribution in [-0.2, 0) is 4.79 Å². The van der Waals surface area contributed by atoms with Gasteiger partial charge in [-0.25, -0.2) is 4.39 Å². The summed E-state index contributed by atoms with van der Waals surface area (Å²) in [6, 6.07) is 7.98. The van der Waals surface area contributed by atoms with E-state index in [0.717, 1.165) is 5.75 Å². The molecule has 1 amide bonds. The number of thioether (sulfide) groups is 1. The molecule has 1 aromatic heterocycles. The molecule has 1 aliphatic heterocycles. The van der Waals surface area contributed by atoms with Gasteiger partial charge in [-0.3, -0.25) is 4.79 Å². The fraction of sp³-hybridized carbons (Fsp3) is 0.200. The number of hydrogen-bond acceptors (Lipinski definition) is 6. The highest BCUT2D eigenvalue weighted by Crippen LogP contribution is 2.30. The van der Waals surface area contributed by atoms with Crippen LogP contribution in [0.1, 0.15) is 12.3 Å². The SMILES string of the molecule is N#CCC(=O)N1CCS/C1=C/c1nc(-c2ccccc2F)no1. The minimum absolute atomic E-state index is 0.146. The van der Waals surface area contributed by atoms with Crippen LogP contribution in [0.3, 0.4) is 0 Å². The number of nitriles is 1. The van der Waals surface area contributed by atoms with Gasteiger partial charge in [0.1, 0.15) is 12.2 Å². The monoisotopic (exact) mass is 330 g/mol. The summed E-state index contributed by atoms with van der Waals surface area (Å²) in [5, 5.41) is 13.0. The summed E-state index contributed by atoms with van der Waals surface area (Å²) in [4.78, 5) is 17.5. The average Bonchev–Trinajstić information content (AvgIpc) is 3.18. The first-order chi connectivity index (χ1) is 11.2. The van der Waals surface area contributed by atoms with E-state index in [1.807, 2.05) is 6.07 Å². The van der Waals surface area contributed by atoms with Gasteiger partial charge in [-0.2, -0.15) is 10.2 Å². The molecule has 1 aliphatic rings. The first kappa shape index (κ1) is 15.2. The lowest BCUT2D eigenvalue weighted by molar-refractivity contribution is -0.127. The summed E-state index contributed by atoms with van der Waals surface area (Å²) in [5.41, 5.74) is 0.248. The van der Waals surface area contributed by atoms with Gasteiger partial charge in [-0.1, -0.05) is 17.3 Å². The lowest BCUT2D eigenvalue weighted by Gasteiger charge is -2.14. The molecule has 1 fully saturated rings. The van der Waals surface area contributed by atoms with Crippen molar-refractivity contribution in [1.29, 1.82) is 5.26 Å². The zero-order valence-electron chi connectivity index (χ0n) is 11.9. The quantitative estimate of drug-likeness (QED) is 0.860. The molecule has 0 aliphatic carbocycles. The van der Waals surface area contributed by atoms with Crippen molar-refractivity contribution in [2.24, 2.45) is 0 Å². The number of halogens is 1. The van der Waals surface area contributed by atoms with Crippen molar-refractivity contribution in [1.82, 2.24) is 15.0 Å². The van der Waals surface area contributed by atoms with Gasteiger partial charge in [0.15, 0.2) is 0 Å². The van der Waals surface area contributed by atoms with Gasteiger partial charge < -0.3 is 9.42 Å². The number of hydrogen-bond donors (Lipinski definition) is 0. The maximum absolute atomic E-state index is 13.7. The van der Waals surface area contributed by atoms with Gasteiger partial charge in [0.2, 0.25) is 11.7 Å². The molecule has 116 valence electrons. The summed E-state index contributed by atoms with van der Waals surface area (Å²) in [5.74, 6) is 0.360. The number of carbonyl (C=O) groups excluding carboxylic acids is 1. The Kier molecular flexibility index (Phi) is 4.39. The third kappa shape index (κ3) is 3.24. The van der Waals surface area contributed by atoms with Crippen LogP contribution in [0.5, 0.6) is 0 Å². The Morgan fingerprint density at radius 2 is 2.35 bits per heavy atom. The molecule has 1 saturated heterocycles. The van der Waals surface area contributed by atoms with Crippen LogP contribution in [-0.4, -0.2) is 33.2 Å². The van der Waals surface area contributed by atoms with E-state index in [0.29, 0.717) is 11.6 Å². The standard InChI is InChI=1S/C15H11FN4O2S/c16-11-4-2-1-3-10(11)15-18-12(22-19-15)9-14-20(7-8-23-14)13(21)5-6-17/h1-4,9H,5,7-8H2/b14-9+. The van der Waals surface area contributed by atoms with Gasteiger partial charge in [-0.05, 0) is 12.1 Å². The Morgan fingerprint density at radius 1 is 1.52 bits per heavy atom. The lowest BCUT2D eigenvalue weighted by Crippen LogP contribution is -2.25. The van der Waals surface area contributed by atoms with Crippen LogP contribution in [0.4, 0.5) is 4.39 Å². The Bertz CT molecular complexity index is 812. The van der Waals surface area contributed by atoms with Crippen LogP contribution in [0, 0.1) is 17.1 Å². The molecule has 8 heteroatoms. The Balaban J connectivity index is 1.85. The molecule has 0 bridgehead atoms. The zero-order chi connectivity index (χ0) is 16.2. The van der Waals surface area contributed by atoms with Crippen molar-refractivity contribution in [3.8, 4) is 17.5 Å². The van der Waals surface area contributed by atoms with Crippen molar-refractivity contribution in [2.45, 2.75) is 6.42 Å². The summed E-state index contributed by atoms with van der Waals surface area (Å²) < 4.78 is 18.8. The van der Waals surface area contributed by atoms with Crippen molar-refractivity contribution in [3.05, 3.63) is 41.0 Å². The highest BCUT2D eigenvalue weighted by atomic mass is 32.2. The van der Waals surface area contributed by atoms with Crippen molar-refractivity contribution >= 4 is 23.7 Å². The molecule has 0 saturated carbocycles. The van der Waals surface area contributed by atoms with Crippen molar-refractivity contribution in [2.75, 3.05) is 12.3 Å². The largest absolute Gasteiger partial charge is 0.334 e. The smallest absolute Gasteiger partial charge is 0.253 e. The third-order valence-corrected chi connectivity index (χ3v) is 4.19. The van der Waals surface area contributed by atoms with Crippen LogP contribution in [0.25, 0.3) is 17.5 Å². The Labute approximate surface area is 135 Å². The Hall–Kier alpha value is -2.66. The fourth-order valence-corrected chi connectivity index (χ4v) is 3.13. The van der Waals surface area contributed by atoms with E-state index in [2.05, 4.69) is 10.1 Å². The molecule has 1 aromatic carbocycles. The molecular formula is C15H11FN4O2S. The topological polar surface area (TPSA) is 83.0 Å². The predicted molar refractivity (Wildman–Crippen MR) is 82.1 cm³/mol. The number of aromatic nitrogens is 2. The minimum Gasteiger partial charge on any atom is -0.334 e. The zero-order valence-corrected chi connectivity index (χ0v) is 12.7. The number of rotatable bonds is 3.